The van der Waals surface area contributed by atoms with Crippen molar-refractivity contribution in [3.63, 3.8) is 0 Å². The number of aromatic nitrogens is 2. The molecular formula is C27H27N5O2. The molecule has 7 heteroatoms. The van der Waals surface area contributed by atoms with Crippen molar-refractivity contribution in [2.24, 2.45) is 0 Å². The lowest BCUT2D eigenvalue weighted by atomic mass is 9.90. The van der Waals surface area contributed by atoms with Crippen molar-refractivity contribution in [1.82, 2.24) is 14.9 Å². The minimum absolute atomic E-state index is 0.0379. The second-order valence-electron chi connectivity index (χ2n) is 9.41. The number of nitriles is 2. The second kappa shape index (κ2) is 9.13. The van der Waals surface area contributed by atoms with Gasteiger partial charge in [-0.1, -0.05) is 32.0 Å². The molecule has 0 aliphatic carbocycles. The molecule has 2 heterocycles. The van der Waals surface area contributed by atoms with Crippen LogP contribution in [0.4, 0.5) is 0 Å². The average Bonchev–Trinajstić information content (AvgIpc) is 3.24. The van der Waals surface area contributed by atoms with E-state index in [1.54, 1.807) is 7.11 Å². The first kappa shape index (κ1) is 23.2. The zero-order chi connectivity index (χ0) is 24.5. The number of ether oxygens (including phenoxy) is 1. The number of aryl methyl sites for hydroxylation is 1. The van der Waals surface area contributed by atoms with Crippen LogP contribution in [-0.2, 0) is 10.2 Å². The third-order valence-corrected chi connectivity index (χ3v) is 6.39. The summed E-state index contributed by atoms with van der Waals surface area (Å²) in [4.78, 5) is 22.8. The van der Waals surface area contributed by atoms with Gasteiger partial charge in [0.1, 0.15) is 11.9 Å². The number of imidazole rings is 1. The summed E-state index contributed by atoms with van der Waals surface area (Å²) in [5.41, 5.74) is 4.62. The molecule has 0 radical (unpaired) electrons. The molecule has 1 aliphatic heterocycles. The van der Waals surface area contributed by atoms with Crippen molar-refractivity contribution in [2.75, 3.05) is 26.8 Å². The van der Waals surface area contributed by atoms with Gasteiger partial charge in [-0.3, -0.25) is 4.79 Å². The molecule has 1 aliphatic rings. The summed E-state index contributed by atoms with van der Waals surface area (Å²) in [5, 5.41) is 18.7. The number of carbonyl (C=O) groups excluding carboxylic acids is 1. The maximum absolute atomic E-state index is 13.2. The molecule has 0 spiro atoms. The van der Waals surface area contributed by atoms with Crippen molar-refractivity contribution in [1.29, 1.82) is 10.5 Å². The quantitative estimate of drug-likeness (QED) is 0.599. The van der Waals surface area contributed by atoms with Crippen LogP contribution in [-0.4, -0.2) is 47.6 Å². The van der Waals surface area contributed by atoms with E-state index in [0.717, 1.165) is 16.7 Å². The smallest absolute Gasteiger partial charge is 0.253 e. The van der Waals surface area contributed by atoms with Crippen LogP contribution in [0.1, 0.15) is 58.3 Å². The number of nitrogens with zero attached hydrogens (tertiary/aromatic N) is 4. The number of hydrogen-bond acceptors (Lipinski definition) is 5. The minimum atomic E-state index is -0.391. The molecule has 0 atom stereocenters. The van der Waals surface area contributed by atoms with Gasteiger partial charge in [0, 0.05) is 42.7 Å². The molecule has 4 rings (SSSR count). The fourth-order valence-corrected chi connectivity index (χ4v) is 4.29. The maximum Gasteiger partial charge on any atom is 0.253 e. The molecule has 0 unspecified atom stereocenters. The summed E-state index contributed by atoms with van der Waals surface area (Å²) < 4.78 is 5.31. The summed E-state index contributed by atoms with van der Waals surface area (Å²) in [6.07, 6.45) is 0. The largest absolute Gasteiger partial charge is 0.384 e. The number of likely N-dealkylation sites (tertiary alicyclic amines) is 1. The summed E-state index contributed by atoms with van der Waals surface area (Å²) in [7, 11) is 1.64. The molecule has 2 aromatic carbocycles. The van der Waals surface area contributed by atoms with Gasteiger partial charge in [0.05, 0.1) is 23.9 Å². The number of hydrogen-bond donors (Lipinski definition) is 1. The number of carbonyl (C=O) groups is 1. The van der Waals surface area contributed by atoms with Gasteiger partial charge in [0.15, 0.2) is 5.69 Å². The fraction of sp³-hybridized carbons (Fsp3) is 0.333. The van der Waals surface area contributed by atoms with Crippen molar-refractivity contribution in [3.05, 3.63) is 76.2 Å². The van der Waals surface area contributed by atoms with Gasteiger partial charge >= 0.3 is 0 Å². The van der Waals surface area contributed by atoms with E-state index in [1.165, 1.54) is 0 Å². The molecule has 34 heavy (non-hydrogen) atoms. The maximum atomic E-state index is 13.2. The highest BCUT2D eigenvalue weighted by Gasteiger charge is 2.33. The zero-order valence-electron chi connectivity index (χ0n) is 19.8. The number of amides is 1. The van der Waals surface area contributed by atoms with Crippen molar-refractivity contribution in [3.8, 4) is 23.4 Å². The van der Waals surface area contributed by atoms with E-state index >= 15 is 0 Å². The SMILES string of the molecule is COCC(C)(C)c1nc(C#N)c(-c2cc(C(=O)N3CC(c4ccc(C#N)cc4)C3)ccc2C)[nH]1. The van der Waals surface area contributed by atoms with Gasteiger partial charge in [-0.15, -0.1) is 0 Å². The molecule has 0 saturated carbocycles. The van der Waals surface area contributed by atoms with E-state index < -0.39 is 5.41 Å². The normalized spacial score (nSPS) is 13.8. The number of methoxy groups -OCH3 is 1. The first-order valence-electron chi connectivity index (χ1n) is 11.2. The minimum Gasteiger partial charge on any atom is -0.384 e. The van der Waals surface area contributed by atoms with E-state index in [2.05, 4.69) is 22.1 Å². The van der Waals surface area contributed by atoms with E-state index in [4.69, 9.17) is 10.00 Å². The fourth-order valence-electron chi connectivity index (χ4n) is 4.29. The van der Waals surface area contributed by atoms with Crippen LogP contribution in [0.5, 0.6) is 0 Å². The standard InChI is InChI=1S/C27H27N5O2/c1-17-5-8-20(25(33)32-14-21(15-32)19-9-6-18(12-28)7-10-19)11-22(17)24-23(13-29)30-26(31-24)27(2,3)16-34-4/h5-11,21H,14-16H2,1-4H3,(H,30,31). The van der Waals surface area contributed by atoms with Crippen LogP contribution < -0.4 is 0 Å². The third kappa shape index (κ3) is 4.31. The Morgan fingerprint density at radius 2 is 1.88 bits per heavy atom. The molecule has 1 saturated heterocycles. The molecule has 1 aromatic heterocycles. The molecule has 1 amide bonds. The van der Waals surface area contributed by atoms with Crippen LogP contribution in [0.25, 0.3) is 11.3 Å². The predicted octanol–water partition coefficient (Wildman–Crippen LogP) is 4.29. The molecule has 172 valence electrons. The Morgan fingerprint density at radius 1 is 1.18 bits per heavy atom. The van der Waals surface area contributed by atoms with E-state index in [1.807, 2.05) is 68.1 Å². The summed E-state index contributed by atoms with van der Waals surface area (Å²) in [5.74, 6) is 0.902. The van der Waals surface area contributed by atoms with Crippen LogP contribution in [0.3, 0.4) is 0 Å². The first-order chi connectivity index (χ1) is 16.3. The average molecular weight is 454 g/mol. The number of rotatable bonds is 6. The van der Waals surface area contributed by atoms with Crippen molar-refractivity contribution < 1.29 is 9.53 Å². The predicted molar refractivity (Wildman–Crippen MR) is 128 cm³/mol. The molecule has 3 aromatic rings. The number of benzene rings is 2. The van der Waals surface area contributed by atoms with E-state index in [0.29, 0.717) is 48.0 Å². The van der Waals surface area contributed by atoms with E-state index in [9.17, 15) is 10.1 Å². The number of H-pyrrole nitrogens is 1. The van der Waals surface area contributed by atoms with Crippen LogP contribution in [0.2, 0.25) is 0 Å². The van der Waals surface area contributed by atoms with Gasteiger partial charge in [-0.05, 0) is 42.3 Å². The van der Waals surface area contributed by atoms with Crippen molar-refractivity contribution in [2.45, 2.75) is 32.1 Å². The second-order valence-corrected chi connectivity index (χ2v) is 9.41. The number of aromatic amines is 1. The molecule has 1 fully saturated rings. The Morgan fingerprint density at radius 3 is 2.50 bits per heavy atom. The lowest BCUT2D eigenvalue weighted by molar-refractivity contribution is 0.0602. The molecule has 1 N–H and O–H groups in total. The van der Waals surface area contributed by atoms with Gasteiger partial charge in [0.2, 0.25) is 0 Å². The van der Waals surface area contributed by atoms with Crippen LogP contribution in [0.15, 0.2) is 42.5 Å². The van der Waals surface area contributed by atoms with E-state index in [-0.39, 0.29) is 11.8 Å². The monoisotopic (exact) mass is 453 g/mol. The molecular weight excluding hydrogens is 426 g/mol. The van der Waals surface area contributed by atoms with Crippen molar-refractivity contribution >= 4 is 5.91 Å². The Hall–Kier alpha value is -3.94. The van der Waals surface area contributed by atoms with Gasteiger partial charge in [0.25, 0.3) is 5.91 Å². The highest BCUT2D eigenvalue weighted by atomic mass is 16.5. The summed E-state index contributed by atoms with van der Waals surface area (Å²) >= 11 is 0. The lowest BCUT2D eigenvalue weighted by Crippen LogP contribution is -2.48. The third-order valence-electron chi connectivity index (χ3n) is 6.39. The first-order valence-corrected chi connectivity index (χ1v) is 11.2. The lowest BCUT2D eigenvalue weighted by Gasteiger charge is -2.39. The highest BCUT2D eigenvalue weighted by molar-refractivity contribution is 5.96. The Labute approximate surface area is 199 Å². The molecule has 0 bridgehead atoms. The van der Waals surface area contributed by atoms with Crippen LogP contribution >= 0.6 is 0 Å². The topological polar surface area (TPSA) is 106 Å². The summed E-state index contributed by atoms with van der Waals surface area (Å²) in [6, 6.07) is 17.4. The Kier molecular flexibility index (Phi) is 6.24. The van der Waals surface area contributed by atoms with Gasteiger partial charge < -0.3 is 14.6 Å². The Bertz CT molecular complexity index is 1300. The number of nitrogens with one attached hydrogen (secondary N) is 1. The zero-order valence-corrected chi connectivity index (χ0v) is 19.8. The highest BCUT2D eigenvalue weighted by Crippen LogP contribution is 2.32. The Balaban J connectivity index is 1.56. The van der Waals surface area contributed by atoms with Crippen LogP contribution in [0, 0.1) is 29.6 Å². The summed E-state index contributed by atoms with van der Waals surface area (Å²) in [6.45, 7) is 7.68. The molecule has 7 nitrogen and oxygen atoms in total. The van der Waals surface area contributed by atoms with Gasteiger partial charge in [-0.2, -0.15) is 10.5 Å². The van der Waals surface area contributed by atoms with Gasteiger partial charge in [-0.25, -0.2) is 4.98 Å².